The standard InChI is InChI=1S/C20H21F3N2O/c1-15-4-2-5-16(12-15)19(26)14-24-8-10-25(11-9-24)18-7-3-6-17(13-18)20(21,22)23/h2-7,12-13H,8-11,14H2,1H3. The number of anilines is 1. The van der Waals surface area contributed by atoms with Gasteiger partial charge in [0.1, 0.15) is 0 Å². The van der Waals surface area contributed by atoms with Gasteiger partial charge in [-0.05, 0) is 31.2 Å². The number of alkyl halides is 3. The molecule has 0 atom stereocenters. The number of rotatable bonds is 4. The van der Waals surface area contributed by atoms with E-state index in [0.717, 1.165) is 11.6 Å². The summed E-state index contributed by atoms with van der Waals surface area (Å²) in [5.41, 5.74) is 1.69. The van der Waals surface area contributed by atoms with Crippen molar-refractivity contribution in [2.24, 2.45) is 0 Å². The number of Topliss-reactive ketones (excluding diaryl/α,β-unsaturated/α-hetero) is 1. The summed E-state index contributed by atoms with van der Waals surface area (Å²) in [5.74, 6) is 0.0706. The minimum Gasteiger partial charge on any atom is -0.369 e. The van der Waals surface area contributed by atoms with Gasteiger partial charge < -0.3 is 4.90 Å². The number of hydrogen-bond donors (Lipinski definition) is 0. The van der Waals surface area contributed by atoms with E-state index in [4.69, 9.17) is 0 Å². The fourth-order valence-corrected chi connectivity index (χ4v) is 3.16. The Bertz CT molecular complexity index is 781. The summed E-state index contributed by atoms with van der Waals surface area (Å²) in [6.07, 6.45) is -4.34. The summed E-state index contributed by atoms with van der Waals surface area (Å²) in [7, 11) is 0. The minimum absolute atomic E-state index is 0.0706. The van der Waals surface area contributed by atoms with Crippen LogP contribution < -0.4 is 4.90 Å². The monoisotopic (exact) mass is 362 g/mol. The maximum atomic E-state index is 12.9. The highest BCUT2D eigenvalue weighted by Gasteiger charge is 2.31. The van der Waals surface area contributed by atoms with E-state index in [9.17, 15) is 18.0 Å². The maximum Gasteiger partial charge on any atom is 0.416 e. The molecule has 2 aromatic rings. The van der Waals surface area contributed by atoms with Gasteiger partial charge in [0.2, 0.25) is 0 Å². The van der Waals surface area contributed by atoms with Crippen LogP contribution in [0.5, 0.6) is 0 Å². The van der Waals surface area contributed by atoms with E-state index in [0.29, 0.717) is 44.0 Å². The van der Waals surface area contributed by atoms with E-state index < -0.39 is 11.7 Å². The highest BCUT2D eigenvalue weighted by molar-refractivity contribution is 5.97. The molecule has 1 saturated heterocycles. The first-order valence-electron chi connectivity index (χ1n) is 8.57. The van der Waals surface area contributed by atoms with Gasteiger partial charge in [0, 0.05) is 37.4 Å². The molecular formula is C20H21F3N2O. The molecule has 2 aromatic carbocycles. The second-order valence-corrected chi connectivity index (χ2v) is 6.60. The molecule has 0 aromatic heterocycles. The van der Waals surface area contributed by atoms with Crippen LogP contribution in [-0.4, -0.2) is 43.4 Å². The van der Waals surface area contributed by atoms with Crippen LogP contribution in [0, 0.1) is 6.92 Å². The quantitative estimate of drug-likeness (QED) is 0.768. The van der Waals surface area contributed by atoms with Gasteiger partial charge in [-0.25, -0.2) is 0 Å². The zero-order valence-corrected chi connectivity index (χ0v) is 14.6. The molecule has 0 unspecified atom stereocenters. The third-order valence-corrected chi connectivity index (χ3v) is 4.62. The van der Waals surface area contributed by atoms with E-state index in [1.807, 2.05) is 36.1 Å². The van der Waals surface area contributed by atoms with Gasteiger partial charge in [0.25, 0.3) is 0 Å². The van der Waals surface area contributed by atoms with Crippen LogP contribution in [0.15, 0.2) is 48.5 Å². The maximum absolute atomic E-state index is 12.9. The van der Waals surface area contributed by atoms with Gasteiger partial charge in [-0.15, -0.1) is 0 Å². The van der Waals surface area contributed by atoms with Crippen LogP contribution in [-0.2, 0) is 6.18 Å². The van der Waals surface area contributed by atoms with Crippen molar-refractivity contribution >= 4 is 11.5 Å². The van der Waals surface area contributed by atoms with Gasteiger partial charge in [0.05, 0.1) is 12.1 Å². The molecule has 1 heterocycles. The number of carbonyl (C=O) groups is 1. The van der Waals surface area contributed by atoms with Gasteiger partial charge >= 0.3 is 6.18 Å². The summed E-state index contributed by atoms with van der Waals surface area (Å²) >= 11 is 0. The number of ketones is 1. The van der Waals surface area contributed by atoms with Crippen LogP contribution in [0.4, 0.5) is 18.9 Å². The van der Waals surface area contributed by atoms with Crippen molar-refractivity contribution in [3.8, 4) is 0 Å². The smallest absolute Gasteiger partial charge is 0.369 e. The second kappa shape index (κ2) is 7.50. The van der Waals surface area contributed by atoms with Gasteiger partial charge in [-0.3, -0.25) is 9.69 Å². The summed E-state index contributed by atoms with van der Waals surface area (Å²) in [6.45, 7) is 4.77. The summed E-state index contributed by atoms with van der Waals surface area (Å²) in [5, 5.41) is 0. The molecule has 0 radical (unpaired) electrons. The molecule has 3 nitrogen and oxygen atoms in total. The second-order valence-electron chi connectivity index (χ2n) is 6.60. The Balaban J connectivity index is 1.58. The summed E-state index contributed by atoms with van der Waals surface area (Å²) < 4.78 is 38.6. The van der Waals surface area contributed by atoms with Crippen molar-refractivity contribution in [2.45, 2.75) is 13.1 Å². The molecule has 0 saturated carbocycles. The molecule has 0 N–H and O–H groups in total. The Hall–Kier alpha value is -2.34. The van der Waals surface area contributed by atoms with Gasteiger partial charge in [-0.1, -0.05) is 29.8 Å². The van der Waals surface area contributed by atoms with Gasteiger partial charge in [-0.2, -0.15) is 13.2 Å². The van der Waals surface area contributed by atoms with E-state index in [2.05, 4.69) is 4.90 Å². The first kappa shape index (κ1) is 18.5. The molecule has 26 heavy (non-hydrogen) atoms. The van der Waals surface area contributed by atoms with Crippen molar-refractivity contribution in [1.82, 2.24) is 4.90 Å². The van der Waals surface area contributed by atoms with Crippen molar-refractivity contribution in [1.29, 1.82) is 0 Å². The fourth-order valence-electron chi connectivity index (χ4n) is 3.16. The zero-order chi connectivity index (χ0) is 18.7. The molecule has 0 spiro atoms. The third-order valence-electron chi connectivity index (χ3n) is 4.62. The van der Waals surface area contributed by atoms with Crippen molar-refractivity contribution in [3.05, 3.63) is 65.2 Å². The first-order valence-corrected chi connectivity index (χ1v) is 8.57. The summed E-state index contributed by atoms with van der Waals surface area (Å²) in [4.78, 5) is 16.4. The predicted molar refractivity (Wildman–Crippen MR) is 95.6 cm³/mol. The normalized spacial score (nSPS) is 15.9. The largest absolute Gasteiger partial charge is 0.416 e. The molecular weight excluding hydrogens is 341 g/mol. The van der Waals surface area contributed by atoms with E-state index in [1.54, 1.807) is 6.07 Å². The van der Waals surface area contributed by atoms with E-state index >= 15 is 0 Å². The number of piperazine rings is 1. The van der Waals surface area contributed by atoms with Gasteiger partial charge in [0.15, 0.2) is 5.78 Å². The van der Waals surface area contributed by atoms with E-state index in [1.165, 1.54) is 12.1 Å². The van der Waals surface area contributed by atoms with Crippen LogP contribution in [0.25, 0.3) is 0 Å². The Morgan fingerprint density at radius 2 is 1.69 bits per heavy atom. The molecule has 1 fully saturated rings. The Morgan fingerprint density at radius 1 is 1.00 bits per heavy atom. The topological polar surface area (TPSA) is 23.6 Å². The van der Waals surface area contributed by atoms with Crippen molar-refractivity contribution < 1.29 is 18.0 Å². The number of carbonyl (C=O) groups excluding carboxylic acids is 1. The first-order chi connectivity index (χ1) is 12.3. The molecule has 3 rings (SSSR count). The number of halogens is 3. The lowest BCUT2D eigenvalue weighted by Gasteiger charge is -2.36. The number of hydrogen-bond acceptors (Lipinski definition) is 3. The highest BCUT2D eigenvalue weighted by atomic mass is 19.4. The van der Waals surface area contributed by atoms with Crippen molar-refractivity contribution in [3.63, 3.8) is 0 Å². The number of aryl methyl sites for hydroxylation is 1. The Kier molecular flexibility index (Phi) is 5.32. The lowest BCUT2D eigenvalue weighted by Crippen LogP contribution is -2.48. The van der Waals surface area contributed by atoms with Crippen LogP contribution in [0.1, 0.15) is 21.5 Å². The minimum atomic E-state index is -4.34. The fraction of sp³-hybridized carbons (Fsp3) is 0.350. The van der Waals surface area contributed by atoms with Crippen LogP contribution in [0.3, 0.4) is 0 Å². The zero-order valence-electron chi connectivity index (χ0n) is 14.6. The average molecular weight is 362 g/mol. The molecule has 1 aliphatic heterocycles. The average Bonchev–Trinajstić information content (AvgIpc) is 2.62. The summed E-state index contributed by atoms with van der Waals surface area (Å²) in [6, 6.07) is 12.9. The number of nitrogens with zero attached hydrogens (tertiary/aromatic N) is 2. The molecule has 0 amide bonds. The molecule has 1 aliphatic rings. The SMILES string of the molecule is Cc1cccc(C(=O)CN2CCN(c3cccc(C(F)(F)F)c3)CC2)c1. The lowest BCUT2D eigenvalue weighted by atomic mass is 10.1. The molecule has 0 aliphatic carbocycles. The molecule has 6 heteroatoms. The predicted octanol–water partition coefficient (Wildman–Crippen LogP) is 4.02. The molecule has 138 valence electrons. The number of benzene rings is 2. The van der Waals surface area contributed by atoms with Crippen LogP contribution in [0.2, 0.25) is 0 Å². The van der Waals surface area contributed by atoms with E-state index in [-0.39, 0.29) is 5.78 Å². The van der Waals surface area contributed by atoms with Crippen molar-refractivity contribution in [2.75, 3.05) is 37.6 Å². The van der Waals surface area contributed by atoms with Crippen LogP contribution >= 0.6 is 0 Å². The lowest BCUT2D eigenvalue weighted by molar-refractivity contribution is -0.137. The Labute approximate surface area is 151 Å². The highest BCUT2D eigenvalue weighted by Crippen LogP contribution is 2.31. The Morgan fingerprint density at radius 3 is 2.35 bits per heavy atom. The molecule has 0 bridgehead atoms. The third kappa shape index (κ3) is 4.43.